The molecule has 96 valence electrons. The molecule has 1 heterocycles. The number of rotatable bonds is 6. The summed E-state index contributed by atoms with van der Waals surface area (Å²) in [5, 5.41) is 8.90. The number of fused-ring (bicyclic) bond motifs is 1. The van der Waals surface area contributed by atoms with Crippen LogP contribution in [-0.4, -0.2) is 34.3 Å². The number of nitrogens with one attached hydrogen (secondary N) is 1. The number of hydrogen-bond acceptors (Lipinski definition) is 3. The third-order valence-electron chi connectivity index (χ3n) is 2.68. The second-order valence-electron chi connectivity index (χ2n) is 4.02. The minimum absolute atomic E-state index is 0.270. The first-order valence-corrected chi connectivity index (χ1v) is 6.00. The van der Waals surface area contributed by atoms with Crippen LogP contribution in [0, 0.1) is 0 Å². The van der Waals surface area contributed by atoms with Gasteiger partial charge in [0.15, 0.2) is 0 Å². The van der Waals surface area contributed by atoms with Crippen LogP contribution >= 0.6 is 0 Å². The number of H-pyrrole nitrogens is 1. The minimum Gasteiger partial charge on any atom is -0.478 e. The van der Waals surface area contributed by atoms with Gasteiger partial charge in [0.25, 0.3) is 0 Å². The van der Waals surface area contributed by atoms with Gasteiger partial charge in [-0.25, -0.2) is 9.78 Å². The number of hydrogen-bond donors (Lipinski definition) is 2. The Kier molecular flexibility index (Phi) is 3.94. The Morgan fingerprint density at radius 1 is 1.50 bits per heavy atom. The highest BCUT2D eigenvalue weighted by atomic mass is 16.5. The maximum absolute atomic E-state index is 10.8. The van der Waals surface area contributed by atoms with E-state index in [1.165, 1.54) is 0 Å². The van der Waals surface area contributed by atoms with Gasteiger partial charge in [-0.05, 0) is 31.5 Å². The molecule has 2 aromatic rings. The van der Waals surface area contributed by atoms with Crippen LogP contribution in [-0.2, 0) is 11.2 Å². The van der Waals surface area contributed by atoms with Crippen molar-refractivity contribution in [3.8, 4) is 0 Å². The van der Waals surface area contributed by atoms with Crippen LogP contribution in [0.3, 0.4) is 0 Å². The lowest BCUT2D eigenvalue weighted by Gasteiger charge is -1.98. The first kappa shape index (κ1) is 12.6. The van der Waals surface area contributed by atoms with Crippen LogP contribution in [0.2, 0.25) is 0 Å². The summed E-state index contributed by atoms with van der Waals surface area (Å²) < 4.78 is 5.26. The number of carboxylic acid groups (broad SMARTS) is 1. The fourth-order valence-electron chi connectivity index (χ4n) is 1.80. The van der Waals surface area contributed by atoms with E-state index in [9.17, 15) is 4.79 Å². The molecule has 0 bridgehead atoms. The highest BCUT2D eigenvalue weighted by Crippen LogP contribution is 2.14. The van der Waals surface area contributed by atoms with Crippen molar-refractivity contribution in [3.05, 3.63) is 29.6 Å². The summed E-state index contributed by atoms with van der Waals surface area (Å²) >= 11 is 0. The Labute approximate surface area is 105 Å². The Balaban J connectivity index is 2.09. The predicted octanol–water partition coefficient (Wildman–Crippen LogP) is 2.23. The van der Waals surface area contributed by atoms with Gasteiger partial charge >= 0.3 is 5.97 Å². The molecule has 2 N–H and O–H groups in total. The number of benzene rings is 1. The van der Waals surface area contributed by atoms with E-state index in [4.69, 9.17) is 9.84 Å². The van der Waals surface area contributed by atoms with Crippen molar-refractivity contribution in [2.75, 3.05) is 13.2 Å². The van der Waals surface area contributed by atoms with Crippen molar-refractivity contribution in [2.45, 2.75) is 19.8 Å². The number of aryl methyl sites for hydroxylation is 1. The number of aromatic nitrogens is 2. The summed E-state index contributed by atoms with van der Waals surface area (Å²) in [6.45, 7) is 3.41. The summed E-state index contributed by atoms with van der Waals surface area (Å²) in [7, 11) is 0. The predicted molar refractivity (Wildman–Crippen MR) is 67.9 cm³/mol. The van der Waals surface area contributed by atoms with Crippen LogP contribution in [0.25, 0.3) is 11.0 Å². The summed E-state index contributed by atoms with van der Waals surface area (Å²) in [4.78, 5) is 18.4. The summed E-state index contributed by atoms with van der Waals surface area (Å²) in [6, 6.07) is 4.90. The average Bonchev–Trinajstić information content (AvgIpc) is 2.76. The van der Waals surface area contributed by atoms with E-state index in [-0.39, 0.29) is 5.56 Å². The fraction of sp³-hybridized carbons (Fsp3) is 0.385. The Hall–Kier alpha value is -1.88. The van der Waals surface area contributed by atoms with Crippen LogP contribution in [0.1, 0.15) is 29.5 Å². The molecule has 1 aromatic heterocycles. The summed E-state index contributed by atoms with van der Waals surface area (Å²) in [5.74, 6) is -0.0587. The lowest BCUT2D eigenvalue weighted by Crippen LogP contribution is -1.97. The third-order valence-corrected chi connectivity index (χ3v) is 2.68. The number of aromatic amines is 1. The summed E-state index contributed by atoms with van der Waals surface area (Å²) in [5.41, 5.74) is 1.83. The molecule has 0 saturated carbocycles. The molecule has 0 spiro atoms. The molecule has 0 radical (unpaired) electrons. The van der Waals surface area contributed by atoms with Crippen molar-refractivity contribution in [3.63, 3.8) is 0 Å². The molecule has 0 fully saturated rings. The first-order valence-electron chi connectivity index (χ1n) is 6.00. The molecular weight excluding hydrogens is 232 g/mol. The normalized spacial score (nSPS) is 10.9. The van der Waals surface area contributed by atoms with Gasteiger partial charge in [-0.15, -0.1) is 0 Å². The van der Waals surface area contributed by atoms with Gasteiger partial charge in [0, 0.05) is 19.6 Å². The van der Waals surface area contributed by atoms with Gasteiger partial charge in [0.1, 0.15) is 5.82 Å². The molecule has 0 aliphatic rings. The highest BCUT2D eigenvalue weighted by molar-refractivity contribution is 5.92. The average molecular weight is 248 g/mol. The van der Waals surface area contributed by atoms with Crippen LogP contribution < -0.4 is 0 Å². The lowest BCUT2D eigenvalue weighted by atomic mass is 10.2. The monoisotopic (exact) mass is 248 g/mol. The molecule has 1 aromatic carbocycles. The van der Waals surface area contributed by atoms with Gasteiger partial charge in [-0.3, -0.25) is 0 Å². The third kappa shape index (κ3) is 2.87. The minimum atomic E-state index is -0.926. The Morgan fingerprint density at radius 3 is 3.06 bits per heavy atom. The van der Waals surface area contributed by atoms with Crippen LogP contribution in [0.5, 0.6) is 0 Å². The molecular formula is C13H16N2O3. The molecule has 18 heavy (non-hydrogen) atoms. The van der Waals surface area contributed by atoms with Crippen molar-refractivity contribution < 1.29 is 14.6 Å². The topological polar surface area (TPSA) is 75.2 Å². The SMILES string of the molecule is CCOCCCc1nc2ccc(C(=O)O)cc2[nH]1. The van der Waals surface area contributed by atoms with Crippen LogP contribution in [0.15, 0.2) is 18.2 Å². The Morgan fingerprint density at radius 2 is 2.33 bits per heavy atom. The van der Waals surface area contributed by atoms with Crippen molar-refractivity contribution >= 4 is 17.0 Å². The van der Waals surface area contributed by atoms with E-state index in [1.54, 1.807) is 18.2 Å². The van der Waals surface area contributed by atoms with E-state index >= 15 is 0 Å². The number of imidazole rings is 1. The van der Waals surface area contributed by atoms with Crippen molar-refractivity contribution in [1.29, 1.82) is 0 Å². The number of carbonyl (C=O) groups is 1. The van der Waals surface area contributed by atoms with E-state index in [1.807, 2.05) is 6.92 Å². The fourth-order valence-corrected chi connectivity index (χ4v) is 1.80. The van der Waals surface area contributed by atoms with E-state index in [0.717, 1.165) is 36.3 Å². The molecule has 5 nitrogen and oxygen atoms in total. The standard InChI is InChI=1S/C13H16N2O3/c1-2-18-7-3-4-12-14-10-6-5-9(13(16)17)8-11(10)15-12/h5-6,8H,2-4,7H2,1H3,(H,14,15)(H,16,17). The summed E-state index contributed by atoms with van der Waals surface area (Å²) in [6.07, 6.45) is 1.70. The zero-order chi connectivity index (χ0) is 13.0. The number of ether oxygens (including phenoxy) is 1. The molecule has 0 amide bonds. The largest absolute Gasteiger partial charge is 0.478 e. The Bertz CT molecular complexity index is 548. The van der Waals surface area contributed by atoms with Crippen molar-refractivity contribution in [1.82, 2.24) is 9.97 Å². The molecule has 0 aliphatic heterocycles. The number of nitrogens with zero attached hydrogens (tertiary/aromatic N) is 1. The number of aromatic carboxylic acids is 1. The number of carboxylic acids is 1. The van der Waals surface area contributed by atoms with E-state index in [0.29, 0.717) is 6.61 Å². The molecule has 0 saturated heterocycles. The van der Waals surface area contributed by atoms with E-state index in [2.05, 4.69) is 9.97 Å². The maximum atomic E-state index is 10.8. The van der Waals surface area contributed by atoms with Gasteiger partial charge in [0.2, 0.25) is 0 Å². The molecule has 2 rings (SSSR count). The lowest BCUT2D eigenvalue weighted by molar-refractivity contribution is 0.0697. The molecule has 5 heteroatoms. The smallest absolute Gasteiger partial charge is 0.335 e. The second kappa shape index (κ2) is 5.64. The maximum Gasteiger partial charge on any atom is 0.335 e. The van der Waals surface area contributed by atoms with Gasteiger partial charge in [-0.2, -0.15) is 0 Å². The molecule has 0 atom stereocenters. The van der Waals surface area contributed by atoms with Crippen molar-refractivity contribution in [2.24, 2.45) is 0 Å². The zero-order valence-corrected chi connectivity index (χ0v) is 10.3. The molecule has 0 aliphatic carbocycles. The molecule has 0 unspecified atom stereocenters. The zero-order valence-electron chi connectivity index (χ0n) is 10.3. The second-order valence-corrected chi connectivity index (χ2v) is 4.02. The van der Waals surface area contributed by atoms with Crippen LogP contribution in [0.4, 0.5) is 0 Å². The quantitative estimate of drug-likeness (QED) is 0.769. The van der Waals surface area contributed by atoms with E-state index < -0.39 is 5.97 Å². The van der Waals surface area contributed by atoms with Gasteiger partial charge in [0.05, 0.1) is 16.6 Å². The van der Waals surface area contributed by atoms with Gasteiger partial charge in [-0.1, -0.05) is 0 Å². The van der Waals surface area contributed by atoms with Gasteiger partial charge < -0.3 is 14.8 Å². The highest BCUT2D eigenvalue weighted by Gasteiger charge is 2.07. The first-order chi connectivity index (χ1) is 8.70.